The number of carbonyl (C=O) groups is 1. The predicted octanol–water partition coefficient (Wildman–Crippen LogP) is 4.53. The van der Waals surface area contributed by atoms with Crippen LogP contribution in [0.4, 0.5) is 0 Å². The molecule has 0 aliphatic carbocycles. The number of fused-ring (bicyclic) bond motifs is 2. The monoisotopic (exact) mass is 383 g/mol. The van der Waals surface area contributed by atoms with Gasteiger partial charge in [-0.3, -0.25) is 9.89 Å². The molecular weight excluding hydrogens is 362 g/mol. The van der Waals surface area contributed by atoms with Crippen LogP contribution in [-0.2, 0) is 24.5 Å². The molecule has 4 aromatic rings. The van der Waals surface area contributed by atoms with Crippen LogP contribution in [0.15, 0.2) is 66.9 Å². The van der Waals surface area contributed by atoms with Crippen molar-refractivity contribution in [3.8, 4) is 11.1 Å². The molecule has 5 nitrogen and oxygen atoms in total. The number of para-hydroxylation sites is 1. The molecule has 0 spiro atoms. The highest BCUT2D eigenvalue weighted by molar-refractivity contribution is 5.97. The van der Waals surface area contributed by atoms with Gasteiger partial charge in [0.1, 0.15) is 0 Å². The average Bonchev–Trinajstić information content (AvgIpc) is 3.43. The molecule has 5 rings (SSSR count). The molecule has 5 heteroatoms. The third-order valence-electron chi connectivity index (χ3n) is 5.56. The molecule has 0 unspecified atom stereocenters. The number of H-pyrrole nitrogens is 1. The molecule has 0 fully saturated rings. The lowest BCUT2D eigenvalue weighted by Crippen LogP contribution is -2.27. The van der Waals surface area contributed by atoms with Gasteiger partial charge in [-0.05, 0) is 33.9 Å². The number of benzene rings is 3. The zero-order valence-electron chi connectivity index (χ0n) is 16.2. The minimum atomic E-state index is 0.00267. The Kier molecular flexibility index (Phi) is 4.37. The molecule has 29 heavy (non-hydrogen) atoms. The van der Waals surface area contributed by atoms with Crippen molar-refractivity contribution in [2.24, 2.45) is 0 Å². The molecule has 1 aromatic heterocycles. The second kappa shape index (κ2) is 7.18. The van der Waals surface area contributed by atoms with Crippen LogP contribution in [0.5, 0.6) is 0 Å². The fourth-order valence-electron chi connectivity index (χ4n) is 4.06. The van der Waals surface area contributed by atoms with Gasteiger partial charge in [-0.1, -0.05) is 54.6 Å². The molecule has 0 bridgehead atoms. The first-order valence-corrected chi connectivity index (χ1v) is 9.67. The lowest BCUT2D eigenvalue weighted by atomic mass is 9.93. The molecule has 1 aliphatic heterocycles. The van der Waals surface area contributed by atoms with Crippen molar-refractivity contribution < 1.29 is 9.53 Å². The Morgan fingerprint density at radius 3 is 2.72 bits per heavy atom. The summed E-state index contributed by atoms with van der Waals surface area (Å²) in [5.74, 6) is 0.00267. The fourth-order valence-corrected chi connectivity index (χ4v) is 4.06. The maximum atomic E-state index is 13.3. The zero-order chi connectivity index (χ0) is 19.8. The molecule has 1 amide bonds. The van der Waals surface area contributed by atoms with Crippen LogP contribution in [0, 0.1) is 0 Å². The predicted molar refractivity (Wildman–Crippen MR) is 112 cm³/mol. The average molecular weight is 383 g/mol. The number of aromatic amines is 1. The fraction of sp³-hybridized carbons (Fsp3) is 0.167. The summed E-state index contributed by atoms with van der Waals surface area (Å²) in [5, 5.41) is 8.19. The molecule has 3 aromatic carbocycles. The Balaban J connectivity index is 1.47. The van der Waals surface area contributed by atoms with E-state index in [0.717, 1.165) is 44.3 Å². The minimum Gasteiger partial charge on any atom is -0.372 e. The van der Waals surface area contributed by atoms with Crippen LogP contribution in [0.2, 0.25) is 0 Å². The van der Waals surface area contributed by atoms with Crippen molar-refractivity contribution in [3.05, 3.63) is 89.1 Å². The third-order valence-corrected chi connectivity index (χ3v) is 5.56. The first-order valence-electron chi connectivity index (χ1n) is 9.67. The number of nitrogens with zero attached hydrogens (tertiary/aromatic N) is 2. The number of aromatic nitrogens is 2. The van der Waals surface area contributed by atoms with E-state index in [1.807, 2.05) is 55.6 Å². The van der Waals surface area contributed by atoms with E-state index >= 15 is 0 Å². The summed E-state index contributed by atoms with van der Waals surface area (Å²) in [5.41, 5.74) is 7.14. The summed E-state index contributed by atoms with van der Waals surface area (Å²) in [6, 6.07) is 20.2. The molecule has 0 radical (unpaired) electrons. The van der Waals surface area contributed by atoms with E-state index in [2.05, 4.69) is 22.3 Å². The van der Waals surface area contributed by atoms with Gasteiger partial charge in [0.2, 0.25) is 0 Å². The molecule has 1 N–H and O–H groups in total. The van der Waals surface area contributed by atoms with Crippen molar-refractivity contribution in [3.63, 3.8) is 0 Å². The number of nitrogens with one attached hydrogen (secondary N) is 1. The Morgan fingerprint density at radius 1 is 1.03 bits per heavy atom. The standard InChI is InChI=1S/C24H21N3O2/c1-27(13-18-9-5-8-17-12-25-26-23(17)18)24(28)20-11-10-19(16-6-3-2-4-7-16)21-14-29-15-22(20)21/h2-12H,13-15H2,1H3,(H,25,26). The van der Waals surface area contributed by atoms with E-state index in [-0.39, 0.29) is 5.91 Å². The van der Waals surface area contributed by atoms with Crippen molar-refractivity contribution in [2.75, 3.05) is 7.05 Å². The lowest BCUT2D eigenvalue weighted by molar-refractivity contribution is 0.0781. The van der Waals surface area contributed by atoms with Gasteiger partial charge in [0, 0.05) is 24.5 Å². The Hall–Kier alpha value is -3.44. The topological polar surface area (TPSA) is 58.2 Å². The van der Waals surface area contributed by atoms with Crippen LogP contribution in [-0.4, -0.2) is 28.1 Å². The van der Waals surface area contributed by atoms with Crippen LogP contribution in [0.25, 0.3) is 22.0 Å². The molecule has 0 saturated carbocycles. The number of rotatable bonds is 4. The van der Waals surface area contributed by atoms with Crippen molar-refractivity contribution in [1.82, 2.24) is 15.1 Å². The van der Waals surface area contributed by atoms with E-state index in [1.165, 1.54) is 0 Å². The highest BCUT2D eigenvalue weighted by Gasteiger charge is 2.25. The van der Waals surface area contributed by atoms with E-state index in [0.29, 0.717) is 19.8 Å². The number of carbonyl (C=O) groups excluding carboxylic acids is 1. The summed E-state index contributed by atoms with van der Waals surface area (Å²) in [7, 11) is 1.84. The number of hydrogen-bond donors (Lipinski definition) is 1. The molecule has 1 aliphatic rings. The molecule has 0 saturated heterocycles. The number of amides is 1. The SMILES string of the molecule is CN(Cc1cccc2cn[nH]c12)C(=O)c1ccc(-c2ccccc2)c2c1COC2. The molecule has 0 atom stereocenters. The quantitative estimate of drug-likeness (QED) is 0.563. The van der Waals surface area contributed by atoms with Gasteiger partial charge < -0.3 is 9.64 Å². The van der Waals surface area contributed by atoms with Crippen molar-refractivity contribution in [1.29, 1.82) is 0 Å². The van der Waals surface area contributed by atoms with Gasteiger partial charge in [-0.2, -0.15) is 5.10 Å². The number of hydrogen-bond acceptors (Lipinski definition) is 3. The van der Waals surface area contributed by atoms with Crippen LogP contribution < -0.4 is 0 Å². The van der Waals surface area contributed by atoms with Crippen LogP contribution in [0.3, 0.4) is 0 Å². The van der Waals surface area contributed by atoms with Gasteiger partial charge in [0.25, 0.3) is 5.91 Å². The van der Waals surface area contributed by atoms with Gasteiger partial charge in [-0.25, -0.2) is 0 Å². The molecular formula is C24H21N3O2. The Bertz CT molecular complexity index is 1200. The van der Waals surface area contributed by atoms with Gasteiger partial charge in [0.15, 0.2) is 0 Å². The maximum absolute atomic E-state index is 13.3. The largest absolute Gasteiger partial charge is 0.372 e. The summed E-state index contributed by atoms with van der Waals surface area (Å²) in [6.07, 6.45) is 1.80. The summed E-state index contributed by atoms with van der Waals surface area (Å²) in [4.78, 5) is 15.0. The van der Waals surface area contributed by atoms with E-state index in [4.69, 9.17) is 4.74 Å². The minimum absolute atomic E-state index is 0.00267. The second-order valence-corrected chi connectivity index (χ2v) is 7.39. The zero-order valence-corrected chi connectivity index (χ0v) is 16.2. The molecule has 144 valence electrons. The van der Waals surface area contributed by atoms with Crippen molar-refractivity contribution >= 4 is 16.8 Å². The Morgan fingerprint density at radius 2 is 1.86 bits per heavy atom. The molecule has 2 heterocycles. The normalized spacial score (nSPS) is 12.9. The Labute approximate surface area is 168 Å². The summed E-state index contributed by atoms with van der Waals surface area (Å²) >= 11 is 0. The first kappa shape index (κ1) is 17.6. The smallest absolute Gasteiger partial charge is 0.254 e. The highest BCUT2D eigenvalue weighted by Crippen LogP contribution is 2.34. The van der Waals surface area contributed by atoms with Crippen LogP contribution in [0.1, 0.15) is 27.0 Å². The van der Waals surface area contributed by atoms with Gasteiger partial charge in [0.05, 0.1) is 24.9 Å². The van der Waals surface area contributed by atoms with E-state index in [9.17, 15) is 4.79 Å². The third kappa shape index (κ3) is 3.09. The lowest BCUT2D eigenvalue weighted by Gasteiger charge is -2.20. The van der Waals surface area contributed by atoms with Gasteiger partial charge >= 0.3 is 0 Å². The first-order chi connectivity index (χ1) is 14.2. The van der Waals surface area contributed by atoms with Gasteiger partial charge in [-0.15, -0.1) is 0 Å². The highest BCUT2D eigenvalue weighted by atomic mass is 16.5. The van der Waals surface area contributed by atoms with E-state index in [1.54, 1.807) is 11.1 Å². The number of ether oxygens (including phenoxy) is 1. The summed E-state index contributed by atoms with van der Waals surface area (Å²) < 4.78 is 5.73. The maximum Gasteiger partial charge on any atom is 0.254 e. The second-order valence-electron chi connectivity index (χ2n) is 7.39. The summed E-state index contributed by atoms with van der Waals surface area (Å²) in [6.45, 7) is 1.52. The van der Waals surface area contributed by atoms with E-state index < -0.39 is 0 Å². The van der Waals surface area contributed by atoms with Crippen molar-refractivity contribution in [2.45, 2.75) is 19.8 Å². The van der Waals surface area contributed by atoms with Crippen LogP contribution >= 0.6 is 0 Å².